The van der Waals surface area contributed by atoms with Gasteiger partial charge in [-0.05, 0) is 37.0 Å². The Morgan fingerprint density at radius 2 is 1.38 bits per heavy atom. The number of anilines is 1. The minimum atomic E-state index is -4.12. The summed E-state index contributed by atoms with van der Waals surface area (Å²) in [6.07, 6.45) is 5.92. The van der Waals surface area contributed by atoms with E-state index in [0.717, 1.165) is 32.1 Å². The van der Waals surface area contributed by atoms with Crippen LogP contribution in [0, 0.1) is 0 Å². The smallest absolute Gasteiger partial charge is 0.330 e. The average molecular weight is 375 g/mol. The van der Waals surface area contributed by atoms with E-state index >= 15 is 0 Å². The van der Waals surface area contributed by atoms with Crippen LogP contribution in [0.15, 0.2) is 60.7 Å². The Hall–Kier alpha value is -2.34. The largest absolute Gasteiger partial charge is 0.409 e. The molecule has 6 heteroatoms. The molecule has 0 saturated heterocycles. The van der Waals surface area contributed by atoms with Crippen molar-refractivity contribution in [2.75, 3.05) is 4.72 Å². The van der Waals surface area contributed by atoms with Gasteiger partial charge < -0.3 is 4.18 Å². The molecule has 0 atom stereocenters. The lowest BCUT2D eigenvalue weighted by Crippen LogP contribution is -2.20. The van der Waals surface area contributed by atoms with Crippen LogP contribution in [0.3, 0.4) is 0 Å². The lowest BCUT2D eigenvalue weighted by atomic mass is 10.1. The number of hydrogen-bond acceptors (Lipinski definition) is 4. The minimum absolute atomic E-state index is 0.106. The molecule has 0 aliphatic rings. The molecule has 140 valence electrons. The first-order valence-corrected chi connectivity index (χ1v) is 10.3. The SMILES string of the molecule is O=C(CCCCCCCc1ccccc1)OS(=O)(=O)Nc1ccccc1. The summed E-state index contributed by atoms with van der Waals surface area (Å²) < 4.78 is 30.3. The van der Waals surface area contributed by atoms with Gasteiger partial charge >= 0.3 is 16.3 Å². The van der Waals surface area contributed by atoms with Crippen molar-refractivity contribution in [3.63, 3.8) is 0 Å². The quantitative estimate of drug-likeness (QED) is 0.588. The fourth-order valence-corrected chi connectivity index (χ4v) is 3.40. The number of benzene rings is 2. The second-order valence-corrected chi connectivity index (χ2v) is 7.41. The Morgan fingerprint density at radius 3 is 2.08 bits per heavy atom. The summed E-state index contributed by atoms with van der Waals surface area (Å²) in [5, 5.41) is 0. The van der Waals surface area contributed by atoms with Crippen LogP contribution in [0.2, 0.25) is 0 Å². The van der Waals surface area contributed by atoms with Crippen LogP contribution in [0.4, 0.5) is 5.69 Å². The van der Waals surface area contributed by atoms with Gasteiger partial charge in [0.2, 0.25) is 0 Å². The Bertz CT molecular complexity index is 761. The number of unbranched alkanes of at least 4 members (excludes halogenated alkanes) is 4. The number of hydrogen-bond donors (Lipinski definition) is 1. The summed E-state index contributed by atoms with van der Waals surface area (Å²) in [5.74, 6) is -0.724. The van der Waals surface area contributed by atoms with E-state index in [0.29, 0.717) is 12.1 Å². The molecule has 1 N–H and O–H groups in total. The zero-order chi connectivity index (χ0) is 18.7. The highest BCUT2D eigenvalue weighted by molar-refractivity contribution is 7.88. The van der Waals surface area contributed by atoms with Gasteiger partial charge in [-0.15, -0.1) is 0 Å². The second kappa shape index (κ2) is 10.6. The lowest BCUT2D eigenvalue weighted by molar-refractivity contribution is -0.133. The summed E-state index contributed by atoms with van der Waals surface area (Å²) in [7, 11) is -4.12. The Balaban J connectivity index is 1.55. The van der Waals surface area contributed by atoms with Gasteiger partial charge in [-0.2, -0.15) is 8.42 Å². The van der Waals surface area contributed by atoms with Crippen LogP contribution >= 0.6 is 0 Å². The molecule has 0 fully saturated rings. The molecule has 0 unspecified atom stereocenters. The third kappa shape index (κ3) is 8.16. The Kier molecular flexibility index (Phi) is 8.15. The molecule has 0 saturated carbocycles. The first-order chi connectivity index (χ1) is 12.6. The van der Waals surface area contributed by atoms with Crippen LogP contribution in [0.25, 0.3) is 0 Å². The molecule has 0 amide bonds. The van der Waals surface area contributed by atoms with Crippen molar-refractivity contribution in [3.05, 3.63) is 66.2 Å². The maximum atomic E-state index is 11.8. The average Bonchev–Trinajstić information content (AvgIpc) is 2.61. The minimum Gasteiger partial charge on any atom is -0.330 e. The first kappa shape index (κ1) is 20.0. The number of para-hydroxylation sites is 1. The highest BCUT2D eigenvalue weighted by atomic mass is 32.2. The Morgan fingerprint density at radius 1 is 0.808 bits per heavy atom. The molecule has 0 radical (unpaired) electrons. The molecular weight excluding hydrogens is 350 g/mol. The highest BCUT2D eigenvalue weighted by Crippen LogP contribution is 2.12. The number of carbonyl (C=O) groups is 1. The van der Waals surface area contributed by atoms with Gasteiger partial charge in [-0.3, -0.25) is 9.52 Å². The fourth-order valence-electron chi connectivity index (χ4n) is 2.61. The molecular formula is C20H25NO4S. The van der Waals surface area contributed by atoms with E-state index in [-0.39, 0.29) is 6.42 Å². The van der Waals surface area contributed by atoms with Crippen LogP contribution in [-0.2, 0) is 25.7 Å². The van der Waals surface area contributed by atoms with E-state index in [1.54, 1.807) is 30.3 Å². The predicted octanol–water partition coefficient (Wildman–Crippen LogP) is 4.47. The van der Waals surface area contributed by atoms with E-state index in [1.807, 2.05) is 18.2 Å². The lowest BCUT2D eigenvalue weighted by Gasteiger charge is -2.08. The zero-order valence-corrected chi connectivity index (χ0v) is 15.6. The summed E-state index contributed by atoms with van der Waals surface area (Å²) in [4.78, 5) is 11.7. The number of carbonyl (C=O) groups excluding carboxylic acids is 1. The molecule has 0 aliphatic heterocycles. The molecule has 2 aromatic carbocycles. The van der Waals surface area contributed by atoms with Gasteiger partial charge in [0, 0.05) is 6.42 Å². The van der Waals surface area contributed by atoms with Gasteiger partial charge in [-0.25, -0.2) is 0 Å². The molecule has 0 aliphatic carbocycles. The van der Waals surface area contributed by atoms with Crippen molar-refractivity contribution in [2.24, 2.45) is 0 Å². The standard InChI is InChI=1S/C20H25NO4S/c22-20(25-26(23,24)21-19-15-9-5-10-16-19)17-11-3-1-2-6-12-18-13-7-4-8-14-18/h4-5,7-10,13-16,21H,1-3,6,11-12,17H2. The van der Waals surface area contributed by atoms with E-state index in [1.165, 1.54) is 5.56 Å². The van der Waals surface area contributed by atoms with E-state index in [2.05, 4.69) is 21.0 Å². The van der Waals surface area contributed by atoms with Gasteiger partial charge in [0.1, 0.15) is 0 Å². The number of aryl methyl sites for hydroxylation is 1. The number of rotatable bonds is 11. The van der Waals surface area contributed by atoms with Crippen molar-refractivity contribution in [1.29, 1.82) is 0 Å². The van der Waals surface area contributed by atoms with Gasteiger partial charge in [-0.1, -0.05) is 67.8 Å². The highest BCUT2D eigenvalue weighted by Gasteiger charge is 2.16. The number of nitrogens with one attached hydrogen (secondary N) is 1. The second-order valence-electron chi connectivity index (χ2n) is 6.13. The van der Waals surface area contributed by atoms with Gasteiger partial charge in [0.15, 0.2) is 0 Å². The van der Waals surface area contributed by atoms with Crippen molar-refractivity contribution >= 4 is 22.0 Å². The molecule has 0 heterocycles. The van der Waals surface area contributed by atoms with Crippen molar-refractivity contribution in [3.8, 4) is 0 Å². The fraction of sp³-hybridized carbons (Fsp3) is 0.350. The van der Waals surface area contributed by atoms with Gasteiger partial charge in [0.25, 0.3) is 0 Å². The molecule has 0 spiro atoms. The van der Waals surface area contributed by atoms with Crippen molar-refractivity contribution < 1.29 is 17.4 Å². The Labute approximate surface area is 155 Å². The molecule has 26 heavy (non-hydrogen) atoms. The third-order valence-corrected chi connectivity index (χ3v) is 4.80. The van der Waals surface area contributed by atoms with Crippen LogP contribution in [-0.4, -0.2) is 14.4 Å². The maximum Gasteiger partial charge on any atom is 0.409 e. The summed E-state index contributed by atoms with van der Waals surface area (Å²) in [6.45, 7) is 0. The summed E-state index contributed by atoms with van der Waals surface area (Å²) in [6, 6.07) is 18.7. The van der Waals surface area contributed by atoms with E-state index < -0.39 is 16.3 Å². The maximum absolute atomic E-state index is 11.8. The normalized spacial score (nSPS) is 11.1. The summed E-state index contributed by atoms with van der Waals surface area (Å²) in [5.41, 5.74) is 1.70. The molecule has 0 bridgehead atoms. The topological polar surface area (TPSA) is 72.5 Å². The van der Waals surface area contributed by atoms with Crippen molar-refractivity contribution in [2.45, 2.75) is 44.9 Å². The van der Waals surface area contributed by atoms with Crippen LogP contribution in [0.1, 0.15) is 44.1 Å². The van der Waals surface area contributed by atoms with Crippen LogP contribution in [0.5, 0.6) is 0 Å². The predicted molar refractivity (Wildman–Crippen MR) is 103 cm³/mol. The van der Waals surface area contributed by atoms with Gasteiger partial charge in [0.05, 0.1) is 5.69 Å². The van der Waals surface area contributed by atoms with Crippen LogP contribution < -0.4 is 4.72 Å². The molecule has 5 nitrogen and oxygen atoms in total. The third-order valence-electron chi connectivity index (χ3n) is 3.91. The molecule has 0 aromatic heterocycles. The van der Waals surface area contributed by atoms with Crippen molar-refractivity contribution in [1.82, 2.24) is 0 Å². The summed E-state index contributed by atoms with van der Waals surface area (Å²) >= 11 is 0. The monoisotopic (exact) mass is 375 g/mol. The van der Waals surface area contributed by atoms with E-state index in [9.17, 15) is 13.2 Å². The molecule has 2 rings (SSSR count). The molecule has 2 aromatic rings. The van der Waals surface area contributed by atoms with E-state index in [4.69, 9.17) is 0 Å². The zero-order valence-electron chi connectivity index (χ0n) is 14.8. The first-order valence-electron chi connectivity index (χ1n) is 8.89.